The highest BCUT2D eigenvalue weighted by Crippen LogP contribution is 2.24. The van der Waals surface area contributed by atoms with Crippen LogP contribution in [0.3, 0.4) is 0 Å². The average molecular weight is 493 g/mol. The fourth-order valence-corrected chi connectivity index (χ4v) is 6.62. The highest BCUT2D eigenvalue weighted by atomic mass is 32.2. The van der Waals surface area contributed by atoms with Gasteiger partial charge in [0.25, 0.3) is 0 Å². The van der Waals surface area contributed by atoms with E-state index in [2.05, 4.69) is 25.5 Å². The molecule has 2 aromatic carbocycles. The molecule has 1 heterocycles. The Balaban J connectivity index is 1.57. The van der Waals surface area contributed by atoms with Crippen LogP contribution in [0.4, 0.5) is 0 Å². The molecule has 1 N–H and O–H groups in total. The first-order valence-corrected chi connectivity index (χ1v) is 14.2. The standard InChI is InChI=1S/C24H32N2O5S2/c1-24(2,3)19-11-13-22(14-12-19)33(30,31)25-16-15-23(27)26-17-7-8-20(26)18-32(28,29)21-9-5-4-6-10-21/h4-6,9-14,20,25H,7-8,15-18H2,1-3H3. The summed E-state index contributed by atoms with van der Waals surface area (Å²) in [6, 6.07) is 14.5. The third-order valence-corrected chi connectivity index (χ3v) is 9.16. The zero-order valence-corrected chi connectivity index (χ0v) is 21.0. The van der Waals surface area contributed by atoms with Gasteiger partial charge in [0, 0.05) is 25.6 Å². The zero-order chi connectivity index (χ0) is 24.3. The first-order chi connectivity index (χ1) is 15.4. The van der Waals surface area contributed by atoms with Crippen molar-refractivity contribution in [3.8, 4) is 0 Å². The number of carbonyl (C=O) groups excluding carboxylic acids is 1. The summed E-state index contributed by atoms with van der Waals surface area (Å²) in [5.41, 5.74) is 0.949. The van der Waals surface area contributed by atoms with Crippen LogP contribution >= 0.6 is 0 Å². The van der Waals surface area contributed by atoms with Crippen molar-refractivity contribution in [1.82, 2.24) is 9.62 Å². The maximum Gasteiger partial charge on any atom is 0.240 e. The molecular weight excluding hydrogens is 460 g/mol. The molecule has 1 saturated heterocycles. The van der Waals surface area contributed by atoms with E-state index in [1.54, 1.807) is 59.5 Å². The predicted octanol–water partition coefficient (Wildman–Crippen LogP) is 3.12. The molecule has 2 aromatic rings. The van der Waals surface area contributed by atoms with Crippen LogP contribution in [0.15, 0.2) is 64.4 Å². The lowest BCUT2D eigenvalue weighted by molar-refractivity contribution is -0.131. The van der Waals surface area contributed by atoms with Crippen molar-refractivity contribution in [2.45, 2.75) is 61.3 Å². The third-order valence-electron chi connectivity index (χ3n) is 5.87. The molecule has 0 bridgehead atoms. The summed E-state index contributed by atoms with van der Waals surface area (Å²) in [4.78, 5) is 14.7. The Morgan fingerprint density at radius 2 is 1.61 bits per heavy atom. The second-order valence-electron chi connectivity index (χ2n) is 9.40. The van der Waals surface area contributed by atoms with Crippen LogP contribution in [-0.4, -0.2) is 52.5 Å². The Hall–Kier alpha value is -2.23. The summed E-state index contributed by atoms with van der Waals surface area (Å²) in [6.45, 7) is 6.59. The number of sulfone groups is 1. The van der Waals surface area contributed by atoms with E-state index in [1.165, 1.54) is 0 Å². The number of likely N-dealkylation sites (tertiary alicyclic amines) is 1. The van der Waals surface area contributed by atoms with Crippen molar-refractivity contribution >= 4 is 25.8 Å². The average Bonchev–Trinajstić information content (AvgIpc) is 3.21. The Morgan fingerprint density at radius 1 is 0.970 bits per heavy atom. The topological polar surface area (TPSA) is 101 Å². The first kappa shape index (κ1) is 25.4. The summed E-state index contributed by atoms with van der Waals surface area (Å²) < 4.78 is 53.1. The van der Waals surface area contributed by atoms with Gasteiger partial charge in [-0.1, -0.05) is 51.1 Å². The van der Waals surface area contributed by atoms with Gasteiger partial charge in [-0.2, -0.15) is 0 Å². The quantitative estimate of drug-likeness (QED) is 0.610. The molecule has 0 aromatic heterocycles. The van der Waals surface area contributed by atoms with Crippen LogP contribution in [0.25, 0.3) is 0 Å². The van der Waals surface area contributed by atoms with Crippen LogP contribution in [0, 0.1) is 0 Å². The molecule has 0 saturated carbocycles. The molecule has 0 spiro atoms. The highest BCUT2D eigenvalue weighted by molar-refractivity contribution is 7.91. The number of rotatable bonds is 8. The van der Waals surface area contributed by atoms with Crippen LogP contribution in [0.5, 0.6) is 0 Å². The third kappa shape index (κ3) is 6.43. The van der Waals surface area contributed by atoms with Crippen LogP contribution < -0.4 is 4.72 Å². The van der Waals surface area contributed by atoms with Crippen molar-refractivity contribution in [3.05, 3.63) is 60.2 Å². The normalized spacial score (nSPS) is 17.3. The largest absolute Gasteiger partial charge is 0.339 e. The Morgan fingerprint density at radius 3 is 2.21 bits per heavy atom. The number of benzene rings is 2. The first-order valence-electron chi connectivity index (χ1n) is 11.1. The van der Waals surface area contributed by atoms with Crippen molar-refractivity contribution in [2.24, 2.45) is 0 Å². The molecule has 180 valence electrons. The fraction of sp³-hybridized carbons (Fsp3) is 0.458. The maximum absolute atomic E-state index is 12.8. The monoisotopic (exact) mass is 492 g/mol. The van der Waals surface area contributed by atoms with E-state index >= 15 is 0 Å². The minimum atomic E-state index is -3.74. The van der Waals surface area contributed by atoms with Gasteiger partial charge in [0.05, 0.1) is 15.5 Å². The van der Waals surface area contributed by atoms with E-state index in [0.29, 0.717) is 13.0 Å². The molecule has 1 amide bonds. The number of carbonyl (C=O) groups is 1. The molecular formula is C24H32N2O5S2. The lowest BCUT2D eigenvalue weighted by Gasteiger charge is -2.25. The molecule has 0 radical (unpaired) electrons. The van der Waals surface area contributed by atoms with Gasteiger partial charge in [-0.15, -0.1) is 0 Å². The highest BCUT2D eigenvalue weighted by Gasteiger charge is 2.33. The molecule has 3 rings (SSSR count). The molecule has 9 heteroatoms. The van der Waals surface area contributed by atoms with E-state index in [0.717, 1.165) is 12.0 Å². The number of sulfonamides is 1. The number of hydrogen-bond acceptors (Lipinski definition) is 5. The van der Waals surface area contributed by atoms with E-state index in [4.69, 9.17) is 0 Å². The molecule has 1 fully saturated rings. The molecule has 0 aliphatic carbocycles. The van der Waals surface area contributed by atoms with Crippen molar-refractivity contribution in [1.29, 1.82) is 0 Å². The number of amides is 1. The second kappa shape index (κ2) is 9.95. The summed E-state index contributed by atoms with van der Waals surface area (Å²) in [5, 5.41) is 0. The second-order valence-corrected chi connectivity index (χ2v) is 13.2. The van der Waals surface area contributed by atoms with E-state index in [-0.39, 0.29) is 39.8 Å². The fourth-order valence-electron chi connectivity index (χ4n) is 3.97. The summed E-state index contributed by atoms with van der Waals surface area (Å²) >= 11 is 0. The van der Waals surface area contributed by atoms with Crippen molar-refractivity contribution in [3.63, 3.8) is 0 Å². The van der Waals surface area contributed by atoms with Gasteiger partial charge in [-0.05, 0) is 48.1 Å². The van der Waals surface area contributed by atoms with E-state index < -0.39 is 25.9 Å². The Bertz CT molecular complexity index is 1170. The predicted molar refractivity (Wildman–Crippen MR) is 128 cm³/mol. The van der Waals surface area contributed by atoms with Gasteiger partial charge in [0.15, 0.2) is 9.84 Å². The summed E-state index contributed by atoms with van der Waals surface area (Å²) in [6.07, 6.45) is 1.32. The van der Waals surface area contributed by atoms with Crippen LogP contribution in [0.1, 0.15) is 45.6 Å². The van der Waals surface area contributed by atoms with Crippen molar-refractivity contribution < 1.29 is 21.6 Å². The van der Waals surface area contributed by atoms with Crippen LogP contribution in [-0.2, 0) is 30.1 Å². The minimum Gasteiger partial charge on any atom is -0.339 e. The molecule has 7 nitrogen and oxygen atoms in total. The van der Waals surface area contributed by atoms with Gasteiger partial charge in [-0.3, -0.25) is 4.79 Å². The van der Waals surface area contributed by atoms with Gasteiger partial charge >= 0.3 is 0 Å². The Kier molecular flexibility index (Phi) is 7.65. The Labute approximate surface area is 197 Å². The summed E-state index contributed by atoms with van der Waals surface area (Å²) in [7, 11) is -7.25. The number of nitrogens with zero attached hydrogens (tertiary/aromatic N) is 1. The van der Waals surface area contributed by atoms with Gasteiger partial charge in [0.1, 0.15) is 0 Å². The van der Waals surface area contributed by atoms with Crippen LogP contribution in [0.2, 0.25) is 0 Å². The molecule has 1 unspecified atom stereocenters. The molecule has 33 heavy (non-hydrogen) atoms. The van der Waals surface area contributed by atoms with Gasteiger partial charge in [-0.25, -0.2) is 21.6 Å². The molecule has 1 aliphatic rings. The minimum absolute atomic E-state index is 0.0266. The SMILES string of the molecule is CC(C)(C)c1ccc(S(=O)(=O)NCCC(=O)N2CCCC2CS(=O)(=O)c2ccccc2)cc1. The zero-order valence-electron chi connectivity index (χ0n) is 19.3. The lowest BCUT2D eigenvalue weighted by Crippen LogP contribution is -2.41. The number of nitrogens with one attached hydrogen (secondary N) is 1. The van der Waals surface area contributed by atoms with Gasteiger partial charge < -0.3 is 4.90 Å². The summed E-state index contributed by atoms with van der Waals surface area (Å²) in [5.74, 6) is -0.374. The van der Waals surface area contributed by atoms with Gasteiger partial charge in [0.2, 0.25) is 15.9 Å². The van der Waals surface area contributed by atoms with E-state index in [1.807, 2.05) is 0 Å². The molecule has 1 aliphatic heterocycles. The molecule has 1 atom stereocenters. The maximum atomic E-state index is 12.8. The van der Waals surface area contributed by atoms with E-state index in [9.17, 15) is 21.6 Å². The smallest absolute Gasteiger partial charge is 0.240 e. The lowest BCUT2D eigenvalue weighted by atomic mass is 9.87. The number of hydrogen-bond donors (Lipinski definition) is 1. The van der Waals surface area contributed by atoms with Crippen molar-refractivity contribution in [2.75, 3.05) is 18.8 Å².